The van der Waals surface area contributed by atoms with Crippen LogP contribution in [0.4, 0.5) is 4.79 Å². The molecule has 23 heavy (non-hydrogen) atoms. The molecule has 8 nitrogen and oxygen atoms in total. The summed E-state index contributed by atoms with van der Waals surface area (Å²) in [6, 6.07) is 4.10. The summed E-state index contributed by atoms with van der Waals surface area (Å²) in [5, 5.41) is 2.50. The number of ether oxygens (including phenoxy) is 3. The van der Waals surface area contributed by atoms with Crippen molar-refractivity contribution in [2.75, 3.05) is 33.4 Å². The molecule has 0 aromatic heterocycles. The third-order valence-electron chi connectivity index (χ3n) is 3.18. The van der Waals surface area contributed by atoms with Crippen molar-refractivity contribution in [1.82, 2.24) is 10.2 Å². The molecule has 124 valence electrons. The highest BCUT2D eigenvalue weighted by molar-refractivity contribution is 5.98. The third-order valence-corrected chi connectivity index (χ3v) is 3.18. The molecule has 8 heteroatoms. The lowest BCUT2D eigenvalue weighted by molar-refractivity contribution is -0.130. The molecule has 2 rings (SSSR count). The van der Waals surface area contributed by atoms with Crippen LogP contribution in [0.3, 0.4) is 0 Å². The Labute approximate surface area is 133 Å². The zero-order valence-electron chi connectivity index (χ0n) is 13.0. The number of imide groups is 1. The molecule has 0 aliphatic carbocycles. The van der Waals surface area contributed by atoms with Crippen LogP contribution in [0.5, 0.6) is 11.5 Å². The minimum Gasteiger partial charge on any atom is -0.493 e. The lowest BCUT2D eigenvalue weighted by atomic mass is 10.2. The summed E-state index contributed by atoms with van der Waals surface area (Å²) in [6.45, 7) is 2.47. The van der Waals surface area contributed by atoms with E-state index in [9.17, 15) is 14.4 Å². The molecule has 0 bridgehead atoms. The number of hydrogen-bond donors (Lipinski definition) is 1. The zero-order chi connectivity index (χ0) is 16.8. The first-order valence-corrected chi connectivity index (χ1v) is 7.13. The summed E-state index contributed by atoms with van der Waals surface area (Å²) in [5.74, 6) is -0.339. The minimum atomic E-state index is -0.681. The molecular formula is C15H18N2O6. The average molecular weight is 322 g/mol. The van der Waals surface area contributed by atoms with Crippen molar-refractivity contribution in [2.24, 2.45) is 0 Å². The molecule has 0 spiro atoms. The van der Waals surface area contributed by atoms with Crippen LogP contribution >= 0.6 is 0 Å². The summed E-state index contributed by atoms with van der Waals surface area (Å²) in [7, 11) is 1.46. The van der Waals surface area contributed by atoms with Gasteiger partial charge in [0.2, 0.25) is 0 Å². The van der Waals surface area contributed by atoms with E-state index in [-0.39, 0.29) is 12.1 Å². The Morgan fingerprint density at radius 2 is 2.09 bits per heavy atom. The Morgan fingerprint density at radius 3 is 2.70 bits per heavy atom. The van der Waals surface area contributed by atoms with Crippen LogP contribution in [0.15, 0.2) is 18.2 Å². The normalized spacial score (nSPS) is 13.5. The smallest absolute Gasteiger partial charge is 0.338 e. The maximum absolute atomic E-state index is 12.0. The lowest BCUT2D eigenvalue weighted by Crippen LogP contribution is -2.37. The predicted molar refractivity (Wildman–Crippen MR) is 79.6 cm³/mol. The van der Waals surface area contributed by atoms with Crippen molar-refractivity contribution < 1.29 is 28.6 Å². The number of carbonyl (C=O) groups excluding carboxylic acids is 3. The number of carbonyl (C=O) groups is 3. The second-order valence-corrected chi connectivity index (χ2v) is 4.65. The van der Waals surface area contributed by atoms with E-state index in [1.165, 1.54) is 19.2 Å². The van der Waals surface area contributed by atoms with E-state index in [1.54, 1.807) is 6.07 Å². The van der Waals surface area contributed by atoms with Crippen molar-refractivity contribution in [1.29, 1.82) is 0 Å². The fourth-order valence-corrected chi connectivity index (χ4v) is 2.07. The molecule has 0 unspecified atom stereocenters. The Morgan fingerprint density at radius 1 is 1.30 bits per heavy atom. The number of nitrogens with one attached hydrogen (secondary N) is 1. The number of amides is 3. The molecule has 1 N–H and O–H groups in total. The molecule has 1 aliphatic rings. The van der Waals surface area contributed by atoms with Crippen LogP contribution in [-0.2, 0) is 9.53 Å². The SMILES string of the molecule is CCOc1ccc(C(=O)OCC(=O)N2CCNC2=O)cc1OC. The van der Waals surface area contributed by atoms with Gasteiger partial charge in [0, 0.05) is 13.1 Å². The zero-order valence-corrected chi connectivity index (χ0v) is 13.0. The van der Waals surface area contributed by atoms with Gasteiger partial charge in [-0.3, -0.25) is 9.69 Å². The number of methoxy groups -OCH3 is 1. The molecule has 1 heterocycles. The van der Waals surface area contributed by atoms with Crippen LogP contribution < -0.4 is 14.8 Å². The second kappa shape index (κ2) is 7.48. The van der Waals surface area contributed by atoms with Crippen molar-refractivity contribution in [3.8, 4) is 11.5 Å². The lowest BCUT2D eigenvalue weighted by Gasteiger charge is -2.13. The Hall–Kier alpha value is -2.77. The Kier molecular flexibility index (Phi) is 5.40. The van der Waals surface area contributed by atoms with Crippen LogP contribution in [0, 0.1) is 0 Å². The van der Waals surface area contributed by atoms with E-state index in [0.29, 0.717) is 24.7 Å². The first-order chi connectivity index (χ1) is 11.1. The largest absolute Gasteiger partial charge is 0.493 e. The Balaban J connectivity index is 1.97. The van der Waals surface area contributed by atoms with E-state index in [4.69, 9.17) is 14.2 Å². The monoisotopic (exact) mass is 322 g/mol. The Bertz CT molecular complexity index is 616. The first-order valence-electron chi connectivity index (χ1n) is 7.13. The predicted octanol–water partition coefficient (Wildman–Crippen LogP) is 0.802. The van der Waals surface area contributed by atoms with Crippen LogP contribution in [-0.4, -0.2) is 56.2 Å². The molecule has 3 amide bonds. The molecular weight excluding hydrogens is 304 g/mol. The van der Waals surface area contributed by atoms with Gasteiger partial charge in [0.25, 0.3) is 5.91 Å². The number of hydrogen-bond acceptors (Lipinski definition) is 6. The summed E-state index contributed by atoms with van der Waals surface area (Å²) < 4.78 is 15.5. The molecule has 0 radical (unpaired) electrons. The topological polar surface area (TPSA) is 94.2 Å². The minimum absolute atomic E-state index is 0.226. The van der Waals surface area contributed by atoms with Crippen LogP contribution in [0.25, 0.3) is 0 Å². The summed E-state index contributed by atoms with van der Waals surface area (Å²) >= 11 is 0. The second-order valence-electron chi connectivity index (χ2n) is 4.65. The van der Waals surface area contributed by atoms with E-state index in [1.807, 2.05) is 6.92 Å². The van der Waals surface area contributed by atoms with E-state index < -0.39 is 24.5 Å². The number of nitrogens with zero attached hydrogens (tertiary/aromatic N) is 1. The molecule has 0 atom stereocenters. The van der Waals surface area contributed by atoms with Gasteiger partial charge in [0.1, 0.15) is 0 Å². The fourth-order valence-electron chi connectivity index (χ4n) is 2.07. The molecule has 0 saturated carbocycles. The molecule has 1 aliphatic heterocycles. The van der Waals surface area contributed by atoms with E-state index >= 15 is 0 Å². The standard InChI is InChI=1S/C15H18N2O6/c1-3-22-11-5-4-10(8-12(11)21-2)14(19)23-9-13(18)17-7-6-16-15(17)20/h4-5,8H,3,6-7,9H2,1-2H3,(H,16,20). The molecule has 1 aromatic carbocycles. The maximum Gasteiger partial charge on any atom is 0.338 e. The highest BCUT2D eigenvalue weighted by Crippen LogP contribution is 2.28. The average Bonchev–Trinajstić information content (AvgIpc) is 2.99. The summed E-state index contributed by atoms with van der Waals surface area (Å²) in [6.07, 6.45) is 0. The van der Waals surface area contributed by atoms with Crippen LogP contribution in [0.2, 0.25) is 0 Å². The van der Waals surface area contributed by atoms with Crippen LogP contribution in [0.1, 0.15) is 17.3 Å². The van der Waals surface area contributed by atoms with Gasteiger partial charge < -0.3 is 19.5 Å². The highest BCUT2D eigenvalue weighted by atomic mass is 16.5. The van der Waals surface area contributed by atoms with Gasteiger partial charge >= 0.3 is 12.0 Å². The van der Waals surface area contributed by atoms with Gasteiger partial charge in [-0.1, -0.05) is 0 Å². The van der Waals surface area contributed by atoms with Gasteiger partial charge in [-0.2, -0.15) is 0 Å². The quantitative estimate of drug-likeness (QED) is 0.779. The van der Waals surface area contributed by atoms with Gasteiger partial charge in [-0.25, -0.2) is 9.59 Å². The number of esters is 1. The van der Waals surface area contributed by atoms with Crippen molar-refractivity contribution in [3.63, 3.8) is 0 Å². The van der Waals surface area contributed by atoms with Crippen molar-refractivity contribution >= 4 is 17.9 Å². The maximum atomic E-state index is 12.0. The first kappa shape index (κ1) is 16.6. The van der Waals surface area contributed by atoms with Gasteiger partial charge in [-0.15, -0.1) is 0 Å². The molecule has 1 saturated heterocycles. The van der Waals surface area contributed by atoms with Crippen molar-refractivity contribution in [2.45, 2.75) is 6.92 Å². The van der Waals surface area contributed by atoms with Gasteiger partial charge in [-0.05, 0) is 25.1 Å². The number of rotatable bonds is 6. The molecule has 1 fully saturated rings. The summed E-state index contributed by atoms with van der Waals surface area (Å²) in [5.41, 5.74) is 0.226. The van der Waals surface area contributed by atoms with Gasteiger partial charge in [0.05, 0.1) is 19.3 Å². The summed E-state index contributed by atoms with van der Waals surface area (Å²) in [4.78, 5) is 36.1. The van der Waals surface area contributed by atoms with E-state index in [2.05, 4.69) is 5.32 Å². The molecule has 1 aromatic rings. The number of urea groups is 1. The van der Waals surface area contributed by atoms with E-state index in [0.717, 1.165) is 4.90 Å². The number of benzene rings is 1. The highest BCUT2D eigenvalue weighted by Gasteiger charge is 2.27. The fraction of sp³-hybridized carbons (Fsp3) is 0.400. The van der Waals surface area contributed by atoms with Gasteiger partial charge in [0.15, 0.2) is 18.1 Å². The van der Waals surface area contributed by atoms with Crippen molar-refractivity contribution in [3.05, 3.63) is 23.8 Å². The third kappa shape index (κ3) is 3.91.